The van der Waals surface area contributed by atoms with Crippen LogP contribution in [-0.4, -0.2) is 22.0 Å². The van der Waals surface area contributed by atoms with Crippen LogP contribution in [0.2, 0.25) is 0 Å². The molecule has 21 heavy (non-hydrogen) atoms. The molecular weight excluding hydrogens is 256 g/mol. The van der Waals surface area contributed by atoms with Crippen molar-refractivity contribution < 1.29 is 0 Å². The van der Waals surface area contributed by atoms with Crippen molar-refractivity contribution in [3.63, 3.8) is 0 Å². The lowest BCUT2D eigenvalue weighted by molar-refractivity contribution is 0.110. The van der Waals surface area contributed by atoms with Crippen LogP contribution < -0.4 is 0 Å². The summed E-state index contributed by atoms with van der Waals surface area (Å²) in [7, 11) is 0. The average Bonchev–Trinajstić information content (AvgIpc) is 2.88. The zero-order chi connectivity index (χ0) is 15.1. The van der Waals surface area contributed by atoms with Gasteiger partial charge in [-0.05, 0) is 32.3 Å². The quantitative estimate of drug-likeness (QED) is 0.622. The Balaban J connectivity index is 1.96. The molecule has 0 N–H and O–H groups in total. The molecule has 0 amide bonds. The van der Waals surface area contributed by atoms with Gasteiger partial charge in [-0.2, -0.15) is 0 Å². The Morgan fingerprint density at radius 3 is 2.43 bits per heavy atom. The van der Waals surface area contributed by atoms with E-state index in [9.17, 15) is 0 Å². The minimum absolute atomic E-state index is 0.530. The molecule has 0 saturated heterocycles. The predicted molar refractivity (Wildman–Crippen MR) is 90.6 cm³/mol. The van der Waals surface area contributed by atoms with E-state index >= 15 is 0 Å². The molecule has 1 heterocycles. The van der Waals surface area contributed by atoms with Gasteiger partial charge in [0.15, 0.2) is 0 Å². The molecule has 1 aromatic rings. The number of hydrogen-bond donors (Lipinski definition) is 0. The van der Waals surface area contributed by atoms with Crippen LogP contribution in [0.5, 0.6) is 0 Å². The Labute approximate surface area is 130 Å². The van der Waals surface area contributed by atoms with E-state index in [0.717, 1.165) is 6.54 Å². The molecule has 1 atom stereocenters. The Hall–Kier alpha value is -1.44. The maximum Gasteiger partial charge on any atom is 0.101 e. The molecule has 2 rings (SSSR count). The van der Waals surface area contributed by atoms with Crippen molar-refractivity contribution >= 4 is 0 Å². The zero-order valence-corrected chi connectivity index (χ0v) is 13.8. The third-order valence-electron chi connectivity index (χ3n) is 4.28. The van der Waals surface area contributed by atoms with Crippen LogP contribution in [0.25, 0.3) is 0 Å². The van der Waals surface area contributed by atoms with Crippen LogP contribution in [0, 0.1) is 0 Å². The zero-order valence-electron chi connectivity index (χ0n) is 13.8. The first-order chi connectivity index (χ1) is 10.2. The van der Waals surface area contributed by atoms with Gasteiger partial charge in [0, 0.05) is 25.0 Å². The van der Waals surface area contributed by atoms with Crippen LogP contribution in [-0.2, 0) is 6.54 Å². The smallest absolute Gasteiger partial charge is 0.101 e. The summed E-state index contributed by atoms with van der Waals surface area (Å²) in [6, 6.07) is 11.4. The summed E-state index contributed by atoms with van der Waals surface area (Å²) in [5.74, 6) is 0. The number of benzene rings is 1. The Bertz CT molecular complexity index is 424. The van der Waals surface area contributed by atoms with Gasteiger partial charge in [0.05, 0.1) is 0 Å². The second-order valence-corrected chi connectivity index (χ2v) is 6.33. The van der Waals surface area contributed by atoms with Crippen molar-refractivity contribution in [2.24, 2.45) is 0 Å². The topological polar surface area (TPSA) is 6.48 Å². The molecular formula is C19H30N2. The van der Waals surface area contributed by atoms with Crippen molar-refractivity contribution in [2.45, 2.75) is 71.6 Å². The van der Waals surface area contributed by atoms with Gasteiger partial charge in [0.25, 0.3) is 0 Å². The second kappa shape index (κ2) is 8.11. The largest absolute Gasteiger partial charge is 0.354 e. The van der Waals surface area contributed by atoms with E-state index in [4.69, 9.17) is 0 Å². The van der Waals surface area contributed by atoms with Gasteiger partial charge in [0.1, 0.15) is 6.17 Å². The molecule has 0 radical (unpaired) electrons. The fourth-order valence-corrected chi connectivity index (χ4v) is 3.07. The number of unbranched alkanes of at least 4 members (excludes halogenated alkanes) is 3. The summed E-state index contributed by atoms with van der Waals surface area (Å²) in [6.07, 6.45) is 11.7. The van der Waals surface area contributed by atoms with Crippen LogP contribution in [0.4, 0.5) is 0 Å². The summed E-state index contributed by atoms with van der Waals surface area (Å²) in [4.78, 5) is 5.01. The number of nitrogens with zero attached hydrogens (tertiary/aromatic N) is 2. The highest BCUT2D eigenvalue weighted by Crippen LogP contribution is 2.25. The lowest BCUT2D eigenvalue weighted by atomic mass is 10.1. The van der Waals surface area contributed by atoms with Crippen LogP contribution in [0.15, 0.2) is 42.7 Å². The first kappa shape index (κ1) is 15.9. The van der Waals surface area contributed by atoms with Gasteiger partial charge in [0.2, 0.25) is 0 Å². The molecule has 0 fully saturated rings. The number of hydrogen-bond acceptors (Lipinski definition) is 2. The summed E-state index contributed by atoms with van der Waals surface area (Å²) in [5, 5.41) is 0. The van der Waals surface area contributed by atoms with Gasteiger partial charge in [-0.1, -0.05) is 56.5 Å². The molecule has 1 aliphatic heterocycles. The maximum absolute atomic E-state index is 2.51. The standard InChI is InChI=1S/C19H30N2/c1-4-5-6-10-13-19-20(14-15-21(19)17(2)3)16-18-11-8-7-9-12-18/h7-9,11-12,14-15,17,19H,4-6,10,13,16H2,1-3H3. The van der Waals surface area contributed by atoms with Gasteiger partial charge >= 0.3 is 0 Å². The summed E-state index contributed by atoms with van der Waals surface area (Å²) < 4.78 is 0. The highest BCUT2D eigenvalue weighted by atomic mass is 15.4. The lowest BCUT2D eigenvalue weighted by Crippen LogP contribution is -2.41. The molecule has 1 aliphatic rings. The van der Waals surface area contributed by atoms with E-state index in [1.54, 1.807) is 0 Å². The van der Waals surface area contributed by atoms with E-state index in [0.29, 0.717) is 12.2 Å². The summed E-state index contributed by atoms with van der Waals surface area (Å²) >= 11 is 0. The number of rotatable bonds is 8. The molecule has 1 aromatic carbocycles. The molecule has 2 nitrogen and oxygen atoms in total. The van der Waals surface area contributed by atoms with E-state index in [2.05, 4.69) is 73.3 Å². The fraction of sp³-hybridized carbons (Fsp3) is 0.579. The van der Waals surface area contributed by atoms with Crippen molar-refractivity contribution in [1.29, 1.82) is 0 Å². The predicted octanol–water partition coefficient (Wildman–Crippen LogP) is 4.98. The fourth-order valence-electron chi connectivity index (χ4n) is 3.07. The van der Waals surface area contributed by atoms with Gasteiger partial charge in [-0.15, -0.1) is 0 Å². The van der Waals surface area contributed by atoms with Gasteiger partial charge in [-0.25, -0.2) is 0 Å². The molecule has 2 heteroatoms. The molecule has 0 aromatic heterocycles. The minimum atomic E-state index is 0.530. The van der Waals surface area contributed by atoms with Crippen molar-refractivity contribution in [3.05, 3.63) is 48.3 Å². The molecule has 116 valence electrons. The van der Waals surface area contributed by atoms with Crippen LogP contribution >= 0.6 is 0 Å². The lowest BCUT2D eigenvalue weighted by Gasteiger charge is -2.35. The SMILES string of the molecule is CCCCCCC1N(Cc2ccccc2)C=CN1C(C)C. The maximum atomic E-state index is 2.51. The molecule has 0 spiro atoms. The molecule has 0 saturated carbocycles. The van der Waals surface area contributed by atoms with Crippen molar-refractivity contribution in [2.75, 3.05) is 0 Å². The average molecular weight is 286 g/mol. The molecule has 1 unspecified atom stereocenters. The highest BCUT2D eigenvalue weighted by Gasteiger charge is 2.27. The summed E-state index contributed by atoms with van der Waals surface area (Å²) in [6.45, 7) is 7.86. The Kier molecular flexibility index (Phi) is 6.16. The van der Waals surface area contributed by atoms with Crippen LogP contribution in [0.3, 0.4) is 0 Å². The molecule has 0 aliphatic carbocycles. The normalized spacial score (nSPS) is 18.0. The minimum Gasteiger partial charge on any atom is -0.354 e. The second-order valence-electron chi connectivity index (χ2n) is 6.33. The Morgan fingerprint density at radius 2 is 1.76 bits per heavy atom. The Morgan fingerprint density at radius 1 is 1.00 bits per heavy atom. The third kappa shape index (κ3) is 4.52. The van der Waals surface area contributed by atoms with E-state index < -0.39 is 0 Å². The monoisotopic (exact) mass is 286 g/mol. The van der Waals surface area contributed by atoms with Crippen molar-refractivity contribution in [3.8, 4) is 0 Å². The highest BCUT2D eigenvalue weighted by molar-refractivity contribution is 5.16. The summed E-state index contributed by atoms with van der Waals surface area (Å²) in [5.41, 5.74) is 1.39. The van der Waals surface area contributed by atoms with E-state index in [1.165, 1.54) is 37.7 Å². The van der Waals surface area contributed by atoms with Gasteiger partial charge < -0.3 is 9.80 Å². The third-order valence-corrected chi connectivity index (χ3v) is 4.28. The first-order valence-electron chi connectivity index (χ1n) is 8.47. The molecule has 0 bridgehead atoms. The van der Waals surface area contributed by atoms with E-state index in [-0.39, 0.29) is 0 Å². The first-order valence-corrected chi connectivity index (χ1v) is 8.47. The van der Waals surface area contributed by atoms with Gasteiger partial charge in [-0.3, -0.25) is 0 Å². The van der Waals surface area contributed by atoms with Crippen LogP contribution in [0.1, 0.15) is 58.4 Å². The van der Waals surface area contributed by atoms with E-state index in [1.807, 2.05) is 0 Å². The van der Waals surface area contributed by atoms with Crippen molar-refractivity contribution in [1.82, 2.24) is 9.80 Å².